The van der Waals surface area contributed by atoms with E-state index in [-0.39, 0.29) is 12.3 Å². The number of allylic oxidation sites excluding steroid dienone is 1. The second-order valence-corrected chi connectivity index (χ2v) is 30.0. The second kappa shape index (κ2) is 53.3. The lowest BCUT2D eigenvalue weighted by Crippen LogP contribution is -2.71. The molecule has 0 aromatic heterocycles. The Morgan fingerprint density at radius 1 is 0.364 bits per heavy atom. The second-order valence-electron chi connectivity index (χ2n) is 30.0. The third-order valence-electron chi connectivity index (χ3n) is 21.1. The van der Waals surface area contributed by atoms with E-state index in [2.05, 4.69) is 29.8 Å². The summed E-state index contributed by atoms with van der Waals surface area (Å²) in [6.07, 6.45) is -0.900. The van der Waals surface area contributed by atoms with Crippen LogP contribution in [0.2, 0.25) is 0 Å². The molecule has 107 heavy (non-hydrogen) atoms. The lowest BCUT2D eigenvalue weighted by atomic mass is 9.93. The summed E-state index contributed by atoms with van der Waals surface area (Å²) in [4.78, 5) is 38.6. The minimum absolute atomic E-state index is 0.196. The van der Waals surface area contributed by atoms with Gasteiger partial charge in [-0.05, 0) is 19.3 Å². The third-order valence-corrected chi connectivity index (χ3v) is 21.1. The van der Waals surface area contributed by atoms with E-state index in [1.165, 1.54) is 154 Å². The molecule has 0 aromatic rings. The molecule has 5 fully saturated rings. The fourth-order valence-electron chi connectivity index (χ4n) is 14.7. The molecule has 5 saturated heterocycles. The van der Waals surface area contributed by atoms with Gasteiger partial charge in [-0.15, -0.1) is 0 Å². The van der Waals surface area contributed by atoms with Crippen molar-refractivity contribution in [3.63, 3.8) is 0 Å². The number of aliphatic hydroxyl groups excluding tert-OH is 15. The molecule has 31 nitrogen and oxygen atoms in total. The van der Waals surface area contributed by atoms with E-state index in [0.717, 1.165) is 58.8 Å². The zero-order valence-corrected chi connectivity index (χ0v) is 64.0. The van der Waals surface area contributed by atoms with Gasteiger partial charge < -0.3 is 140 Å². The van der Waals surface area contributed by atoms with Crippen LogP contribution in [0, 0.1) is 0 Å². The van der Waals surface area contributed by atoms with Crippen molar-refractivity contribution in [1.29, 1.82) is 0 Å². The summed E-state index contributed by atoms with van der Waals surface area (Å²) in [5, 5.41) is 174. The van der Waals surface area contributed by atoms with Crippen LogP contribution in [-0.4, -0.2) is 300 Å². The maximum Gasteiger partial charge on any atom is 0.220 e. The van der Waals surface area contributed by atoms with Crippen molar-refractivity contribution < 1.29 is 138 Å². The number of amides is 3. The molecule has 31 heteroatoms. The molecule has 27 atom stereocenters. The van der Waals surface area contributed by atoms with Crippen LogP contribution in [0.3, 0.4) is 0 Å². The molecule has 5 heterocycles. The summed E-state index contributed by atoms with van der Waals surface area (Å²) >= 11 is 0. The number of aliphatic hydroxyl groups is 15. The Morgan fingerprint density at radius 3 is 1.14 bits per heavy atom. The Labute approximate surface area is 633 Å². The normalized spacial score (nSPS) is 34.0. The van der Waals surface area contributed by atoms with E-state index >= 15 is 0 Å². The van der Waals surface area contributed by atoms with E-state index in [0.29, 0.717) is 12.8 Å². The zero-order valence-electron chi connectivity index (χ0n) is 64.0. The van der Waals surface area contributed by atoms with Crippen LogP contribution in [0.15, 0.2) is 12.2 Å². The molecule has 0 spiro atoms. The van der Waals surface area contributed by atoms with Crippen molar-refractivity contribution in [2.24, 2.45) is 0 Å². The average molecular weight is 1540 g/mol. The molecule has 5 aliphatic rings. The predicted octanol–water partition coefficient (Wildman–Crippen LogP) is 2.09. The molecule has 3 amide bonds. The number of rotatable bonds is 55. The minimum atomic E-state index is -2.20. The molecule has 0 aliphatic carbocycles. The molecule has 27 unspecified atom stereocenters. The van der Waals surface area contributed by atoms with Crippen LogP contribution in [0.1, 0.15) is 246 Å². The first kappa shape index (κ1) is 94.7. The predicted molar refractivity (Wildman–Crippen MR) is 389 cm³/mol. The van der Waals surface area contributed by atoms with E-state index in [9.17, 15) is 91.0 Å². The molecule has 0 saturated carbocycles. The van der Waals surface area contributed by atoms with E-state index < -0.39 is 217 Å². The first-order chi connectivity index (χ1) is 51.6. The first-order valence-electron chi connectivity index (χ1n) is 40.5. The van der Waals surface area contributed by atoms with Crippen LogP contribution in [0.5, 0.6) is 0 Å². The van der Waals surface area contributed by atoms with Gasteiger partial charge in [0.05, 0.1) is 51.8 Å². The molecular formula is C76H139N3O28. The van der Waals surface area contributed by atoms with E-state index in [1.807, 2.05) is 6.08 Å². The molecule has 5 rings (SSSR count). The quantitative estimate of drug-likeness (QED) is 0.0306. The monoisotopic (exact) mass is 1540 g/mol. The van der Waals surface area contributed by atoms with Gasteiger partial charge in [0.15, 0.2) is 31.5 Å². The van der Waals surface area contributed by atoms with Crippen LogP contribution in [0.25, 0.3) is 0 Å². The van der Waals surface area contributed by atoms with Gasteiger partial charge in [0, 0.05) is 20.3 Å². The number of hydrogen-bond donors (Lipinski definition) is 18. The largest absolute Gasteiger partial charge is 0.394 e. The Hall–Kier alpha value is -2.85. The van der Waals surface area contributed by atoms with Gasteiger partial charge >= 0.3 is 0 Å². The van der Waals surface area contributed by atoms with Crippen LogP contribution >= 0.6 is 0 Å². The highest BCUT2D eigenvalue weighted by Crippen LogP contribution is 2.37. The van der Waals surface area contributed by atoms with E-state index in [4.69, 9.17) is 47.4 Å². The molecule has 0 bridgehead atoms. The summed E-state index contributed by atoms with van der Waals surface area (Å²) in [6.45, 7) is 1.42. The van der Waals surface area contributed by atoms with Gasteiger partial charge in [-0.3, -0.25) is 14.4 Å². The molecule has 0 radical (unpaired) electrons. The van der Waals surface area contributed by atoms with Crippen LogP contribution < -0.4 is 16.0 Å². The fourth-order valence-corrected chi connectivity index (χ4v) is 14.7. The Kier molecular flexibility index (Phi) is 47.2. The summed E-state index contributed by atoms with van der Waals surface area (Å²) in [5.74, 6) is -1.87. The van der Waals surface area contributed by atoms with Crippen molar-refractivity contribution in [2.75, 3.05) is 39.6 Å². The highest BCUT2D eigenvalue weighted by molar-refractivity contribution is 5.76. The maximum absolute atomic E-state index is 13.5. The van der Waals surface area contributed by atoms with Gasteiger partial charge in [-0.25, -0.2) is 0 Å². The molecular weight excluding hydrogens is 1400 g/mol. The topological polar surface area (TPSA) is 483 Å². The molecule has 626 valence electrons. The Bertz CT molecular complexity index is 2380. The van der Waals surface area contributed by atoms with Gasteiger partial charge in [0.2, 0.25) is 17.7 Å². The van der Waals surface area contributed by atoms with Gasteiger partial charge in [-0.1, -0.05) is 219 Å². The lowest BCUT2D eigenvalue weighted by Gasteiger charge is -2.50. The number of carbonyl (C=O) groups excluding carboxylic acids is 3. The average Bonchev–Trinajstić information content (AvgIpc) is 0.771. The highest BCUT2D eigenvalue weighted by atomic mass is 16.8. The Balaban J connectivity index is 1.17. The van der Waals surface area contributed by atoms with Crippen LogP contribution in [-0.2, 0) is 61.8 Å². The first-order valence-corrected chi connectivity index (χ1v) is 40.5. The van der Waals surface area contributed by atoms with E-state index in [1.54, 1.807) is 6.08 Å². The number of unbranched alkanes of at least 4 members (excludes halogenated alkanes) is 31. The highest BCUT2D eigenvalue weighted by Gasteiger charge is 2.57. The van der Waals surface area contributed by atoms with Crippen molar-refractivity contribution in [1.82, 2.24) is 16.0 Å². The van der Waals surface area contributed by atoms with Gasteiger partial charge in [0.25, 0.3) is 0 Å². The van der Waals surface area contributed by atoms with Crippen molar-refractivity contribution in [3.8, 4) is 0 Å². The zero-order chi connectivity index (χ0) is 78.2. The summed E-state index contributed by atoms with van der Waals surface area (Å²) in [5.41, 5.74) is 0. The summed E-state index contributed by atoms with van der Waals surface area (Å²) in [7, 11) is 0. The smallest absolute Gasteiger partial charge is 0.220 e. The molecule has 18 N–H and O–H groups in total. The summed E-state index contributed by atoms with van der Waals surface area (Å²) < 4.78 is 59.1. The van der Waals surface area contributed by atoms with Gasteiger partial charge in [0.1, 0.15) is 122 Å². The summed E-state index contributed by atoms with van der Waals surface area (Å²) in [6, 6.07) is -4.33. The number of hydrogen-bond acceptors (Lipinski definition) is 28. The number of nitrogens with one attached hydrogen (secondary N) is 3. The Morgan fingerprint density at radius 2 is 0.701 bits per heavy atom. The minimum Gasteiger partial charge on any atom is -0.394 e. The third kappa shape index (κ3) is 31.8. The van der Waals surface area contributed by atoms with Crippen molar-refractivity contribution in [3.05, 3.63) is 12.2 Å². The molecule has 0 aromatic carbocycles. The van der Waals surface area contributed by atoms with Crippen molar-refractivity contribution >= 4 is 17.7 Å². The fraction of sp³-hybridized carbons (Fsp3) is 0.934. The number of ether oxygens (including phenoxy) is 10. The number of carbonyl (C=O) groups is 3. The van der Waals surface area contributed by atoms with Crippen molar-refractivity contribution in [2.45, 2.75) is 412 Å². The SMILES string of the molecule is CCCCCCCCCCCCCC=CC(O)C(COC1OC(CO)C(OC2OC(CO)C(OC3OC(CO)C(O)C(OC4OC(CO)C(O)C(OC5OC(CO)C(O)C(O)C5NC(C)=O)C4NC(C)=O)C3O)C(O)C2O)C(O)C1O)NC(=O)CCCCCCCCCCCCCCCCCCCCCCC. The lowest BCUT2D eigenvalue weighted by molar-refractivity contribution is -0.388. The maximum atomic E-state index is 13.5. The standard InChI is InChI=1S/C76H139N3O28/c1-5-7-9-11-13-15-17-19-20-21-22-23-24-25-26-28-30-32-34-36-38-40-56(88)79-49(50(87)39-37-35-33-31-29-27-18-16-14-12-10-8-6-2)46-98-74-65(95)63(93)68(54(44-83)102-74)104-75-66(96)64(94)69(55(45-84)103-75)105-76-67(97)71(61(91)53(43-82)101-76)107-73-58(78-48(4)86)70(60(90)52(42-81)100-73)106-72-57(77-47(3)85)62(92)59(89)51(41-80)99-72/h37,39,49-55,57-76,80-84,87,89-97H,5-36,38,40-46H2,1-4H3,(H,77,85)(H,78,86)(H,79,88). The molecule has 5 aliphatic heterocycles. The van der Waals surface area contributed by atoms with Gasteiger partial charge in [-0.2, -0.15) is 0 Å². The van der Waals surface area contributed by atoms with Crippen LogP contribution in [0.4, 0.5) is 0 Å².